The Labute approximate surface area is 133 Å². The Morgan fingerprint density at radius 3 is 2.09 bits per heavy atom. The van der Waals surface area contributed by atoms with Crippen molar-refractivity contribution >= 4 is 27.9 Å². The van der Waals surface area contributed by atoms with Crippen molar-refractivity contribution in [3.63, 3.8) is 0 Å². The summed E-state index contributed by atoms with van der Waals surface area (Å²) < 4.78 is 24.4. The fourth-order valence-corrected chi connectivity index (χ4v) is 2.23. The number of halogens is 2. The van der Waals surface area contributed by atoms with Crippen LogP contribution in [0.15, 0.2) is 28.7 Å². The van der Waals surface area contributed by atoms with E-state index in [2.05, 4.69) is 25.4 Å². The number of methoxy groups -OCH3 is 2. The maximum absolute atomic E-state index is 15.1. The second-order valence-corrected chi connectivity index (χ2v) is 5.23. The average Bonchev–Trinajstić information content (AvgIpc) is 2.50. The molecule has 0 N–H and O–H groups in total. The van der Waals surface area contributed by atoms with Crippen molar-refractivity contribution < 1.29 is 28.4 Å². The highest BCUT2D eigenvalue weighted by Crippen LogP contribution is 2.35. The van der Waals surface area contributed by atoms with E-state index in [4.69, 9.17) is 0 Å². The molecule has 1 aromatic carbocycles. The van der Waals surface area contributed by atoms with Gasteiger partial charge < -0.3 is 9.47 Å². The van der Waals surface area contributed by atoms with Crippen LogP contribution in [0.25, 0.3) is 0 Å². The number of nitrogens with zero attached hydrogens (tertiary/aromatic N) is 1. The van der Waals surface area contributed by atoms with Crippen LogP contribution in [0.4, 0.5) is 4.39 Å². The first-order chi connectivity index (χ1) is 10.3. The smallest absolute Gasteiger partial charge is 0.356 e. The highest BCUT2D eigenvalue weighted by molar-refractivity contribution is 9.10. The molecule has 0 unspecified atom stereocenters. The van der Waals surface area contributed by atoms with Gasteiger partial charge in [-0.2, -0.15) is 0 Å². The van der Waals surface area contributed by atoms with E-state index in [1.807, 2.05) is 0 Å². The number of nitro groups is 1. The van der Waals surface area contributed by atoms with Gasteiger partial charge in [0.1, 0.15) is 5.92 Å². The Hall–Kier alpha value is -2.03. The molecule has 22 heavy (non-hydrogen) atoms. The van der Waals surface area contributed by atoms with E-state index in [0.717, 1.165) is 14.2 Å². The lowest BCUT2D eigenvalue weighted by molar-refractivity contribution is -0.485. The van der Waals surface area contributed by atoms with Crippen LogP contribution in [0, 0.1) is 10.1 Å². The normalized spacial score (nSPS) is 12.4. The van der Waals surface area contributed by atoms with E-state index < -0.39 is 35.0 Å². The zero-order valence-corrected chi connectivity index (χ0v) is 13.3. The second kappa shape index (κ2) is 7.30. The van der Waals surface area contributed by atoms with Gasteiger partial charge in [-0.05, 0) is 17.7 Å². The summed E-state index contributed by atoms with van der Waals surface area (Å²) in [6.45, 7) is -0.984. The monoisotopic (exact) mass is 377 g/mol. The molecule has 1 aromatic rings. The SMILES string of the molecule is COC(=O)C(F)(C(=O)OC)[C@H](C[N+](=O)[O-])c1ccc(Br)cc1. The Kier molecular flexibility index (Phi) is 5.98. The van der Waals surface area contributed by atoms with Crippen molar-refractivity contribution in [2.45, 2.75) is 11.6 Å². The third-order valence-electron chi connectivity index (χ3n) is 3.05. The molecule has 0 aromatic heterocycles. The fourth-order valence-electron chi connectivity index (χ4n) is 1.97. The van der Waals surface area contributed by atoms with Gasteiger partial charge in [0.05, 0.1) is 14.2 Å². The van der Waals surface area contributed by atoms with Gasteiger partial charge in [-0.15, -0.1) is 0 Å². The van der Waals surface area contributed by atoms with Crippen molar-refractivity contribution in [2.75, 3.05) is 20.8 Å². The van der Waals surface area contributed by atoms with Crippen LogP contribution in [-0.4, -0.2) is 43.3 Å². The van der Waals surface area contributed by atoms with Gasteiger partial charge in [-0.1, -0.05) is 28.1 Å². The van der Waals surface area contributed by atoms with Crippen molar-refractivity contribution in [2.24, 2.45) is 0 Å². The van der Waals surface area contributed by atoms with E-state index in [9.17, 15) is 19.7 Å². The van der Waals surface area contributed by atoms with Crippen LogP contribution in [0.1, 0.15) is 11.5 Å². The maximum Gasteiger partial charge on any atom is 0.356 e. The molecule has 120 valence electrons. The molecule has 9 heteroatoms. The van der Waals surface area contributed by atoms with E-state index in [0.29, 0.717) is 4.47 Å². The highest BCUT2D eigenvalue weighted by atomic mass is 79.9. The largest absolute Gasteiger partial charge is 0.466 e. The summed E-state index contributed by atoms with van der Waals surface area (Å²) in [6.07, 6.45) is 0. The zero-order chi connectivity index (χ0) is 16.9. The van der Waals surface area contributed by atoms with Gasteiger partial charge in [-0.25, -0.2) is 14.0 Å². The van der Waals surface area contributed by atoms with Gasteiger partial charge in [0, 0.05) is 9.40 Å². The van der Waals surface area contributed by atoms with Gasteiger partial charge in [0.15, 0.2) is 0 Å². The molecule has 0 amide bonds. The van der Waals surface area contributed by atoms with Crippen molar-refractivity contribution in [3.8, 4) is 0 Å². The van der Waals surface area contributed by atoms with Crippen LogP contribution < -0.4 is 0 Å². The number of carbonyl (C=O) groups is 2. The van der Waals surface area contributed by atoms with Crippen LogP contribution in [0.2, 0.25) is 0 Å². The summed E-state index contributed by atoms with van der Waals surface area (Å²) in [5.74, 6) is -4.78. The molecule has 0 aliphatic carbocycles. The summed E-state index contributed by atoms with van der Waals surface area (Å²) in [5, 5.41) is 10.8. The van der Waals surface area contributed by atoms with Crippen LogP contribution in [-0.2, 0) is 19.1 Å². The summed E-state index contributed by atoms with van der Waals surface area (Å²) in [7, 11) is 1.76. The first-order valence-electron chi connectivity index (χ1n) is 6.00. The molecule has 0 bridgehead atoms. The topological polar surface area (TPSA) is 95.7 Å². The minimum Gasteiger partial charge on any atom is -0.466 e. The van der Waals surface area contributed by atoms with Crippen molar-refractivity contribution in [1.82, 2.24) is 0 Å². The van der Waals surface area contributed by atoms with Crippen molar-refractivity contribution in [3.05, 3.63) is 44.4 Å². The lowest BCUT2D eigenvalue weighted by atomic mass is 9.83. The van der Waals surface area contributed by atoms with E-state index in [1.165, 1.54) is 24.3 Å². The second-order valence-electron chi connectivity index (χ2n) is 4.31. The van der Waals surface area contributed by atoms with Crippen LogP contribution >= 0.6 is 15.9 Å². The van der Waals surface area contributed by atoms with Gasteiger partial charge in [0.25, 0.3) is 0 Å². The maximum atomic E-state index is 15.1. The van der Waals surface area contributed by atoms with E-state index in [1.54, 1.807) is 0 Å². The average molecular weight is 378 g/mol. The minimum absolute atomic E-state index is 0.0956. The lowest BCUT2D eigenvalue weighted by Crippen LogP contribution is -2.51. The third kappa shape index (κ3) is 3.59. The molecular weight excluding hydrogens is 365 g/mol. The Morgan fingerprint density at radius 2 is 1.73 bits per heavy atom. The summed E-state index contributed by atoms with van der Waals surface area (Å²) >= 11 is 3.17. The van der Waals surface area contributed by atoms with Gasteiger partial charge >= 0.3 is 17.6 Å². The zero-order valence-electron chi connectivity index (χ0n) is 11.7. The number of hydrogen-bond donors (Lipinski definition) is 0. The predicted molar refractivity (Wildman–Crippen MR) is 76.6 cm³/mol. The molecule has 0 saturated heterocycles. The van der Waals surface area contributed by atoms with Crippen molar-refractivity contribution in [1.29, 1.82) is 0 Å². The molecule has 0 spiro atoms. The fraction of sp³-hybridized carbons (Fsp3) is 0.385. The summed E-state index contributed by atoms with van der Waals surface area (Å²) in [5.41, 5.74) is -3.22. The quantitative estimate of drug-likeness (QED) is 0.325. The number of alkyl halides is 1. The molecule has 0 aliphatic heterocycles. The Morgan fingerprint density at radius 1 is 1.27 bits per heavy atom. The summed E-state index contributed by atoms with van der Waals surface area (Å²) in [6, 6.07) is 5.77. The molecule has 0 fully saturated rings. The first kappa shape index (κ1) is 18.0. The predicted octanol–water partition coefficient (Wildman–Crippen LogP) is 1.86. The minimum atomic E-state index is -3.32. The molecule has 0 saturated carbocycles. The van der Waals surface area contributed by atoms with E-state index in [-0.39, 0.29) is 5.56 Å². The molecular formula is C13H13BrFNO6. The van der Waals surface area contributed by atoms with Crippen LogP contribution in [0.5, 0.6) is 0 Å². The van der Waals surface area contributed by atoms with E-state index >= 15 is 4.39 Å². The molecule has 0 aliphatic rings. The lowest BCUT2D eigenvalue weighted by Gasteiger charge is -2.26. The number of rotatable bonds is 6. The van der Waals surface area contributed by atoms with Crippen LogP contribution in [0.3, 0.4) is 0 Å². The standard InChI is InChI=1S/C13H13BrFNO6/c1-21-11(17)13(15,12(18)22-2)10(7-16(19)20)8-3-5-9(14)6-4-8/h3-6,10H,7H2,1-2H3/t10-/m1/s1. The molecule has 0 heterocycles. The number of benzene rings is 1. The Balaban J connectivity index is 3.44. The molecule has 1 rings (SSSR count). The first-order valence-corrected chi connectivity index (χ1v) is 6.79. The highest BCUT2D eigenvalue weighted by Gasteiger charge is 2.58. The number of hydrogen-bond acceptors (Lipinski definition) is 6. The Bertz CT molecular complexity index is 560. The summed E-state index contributed by atoms with van der Waals surface area (Å²) in [4.78, 5) is 33.6. The van der Waals surface area contributed by atoms with Gasteiger partial charge in [0.2, 0.25) is 6.54 Å². The number of ether oxygens (including phenoxy) is 2. The third-order valence-corrected chi connectivity index (χ3v) is 3.58. The molecule has 7 nitrogen and oxygen atoms in total. The van der Waals surface area contributed by atoms with Gasteiger partial charge in [-0.3, -0.25) is 10.1 Å². The molecule has 0 radical (unpaired) electrons. The molecule has 1 atom stereocenters. The number of esters is 2. The number of carbonyl (C=O) groups excluding carboxylic acids is 2.